The SMILES string of the molecule is C=CCOC(CO)NC(C)C. The maximum Gasteiger partial charge on any atom is 0.132 e. The molecule has 1 unspecified atom stereocenters. The Balaban J connectivity index is 3.48. The van der Waals surface area contributed by atoms with Gasteiger partial charge in [-0.2, -0.15) is 0 Å². The topological polar surface area (TPSA) is 41.5 Å². The number of aliphatic hydroxyl groups is 1. The lowest BCUT2D eigenvalue weighted by atomic mass is 10.4. The first-order valence-electron chi connectivity index (χ1n) is 3.80. The van der Waals surface area contributed by atoms with E-state index in [1.54, 1.807) is 6.08 Å². The van der Waals surface area contributed by atoms with Crippen LogP contribution in [0.4, 0.5) is 0 Å². The summed E-state index contributed by atoms with van der Waals surface area (Å²) in [5, 5.41) is 11.8. The Kier molecular flexibility index (Phi) is 6.12. The van der Waals surface area contributed by atoms with E-state index in [-0.39, 0.29) is 12.8 Å². The molecule has 11 heavy (non-hydrogen) atoms. The number of nitrogens with one attached hydrogen (secondary N) is 1. The molecule has 1 atom stereocenters. The summed E-state index contributed by atoms with van der Waals surface area (Å²) in [4.78, 5) is 0. The minimum absolute atomic E-state index is 0.00792. The molecule has 0 aliphatic heterocycles. The van der Waals surface area contributed by atoms with E-state index in [0.717, 1.165) is 0 Å². The summed E-state index contributed by atoms with van der Waals surface area (Å²) in [6.07, 6.45) is 1.39. The number of hydrogen-bond acceptors (Lipinski definition) is 3. The first kappa shape index (κ1) is 10.6. The molecule has 0 bridgehead atoms. The number of aliphatic hydroxyl groups excluding tert-OH is 1. The third-order valence-electron chi connectivity index (χ3n) is 1.10. The highest BCUT2D eigenvalue weighted by molar-refractivity contribution is 4.66. The fourth-order valence-electron chi connectivity index (χ4n) is 0.710. The maximum atomic E-state index is 8.78. The van der Waals surface area contributed by atoms with Crippen LogP contribution in [0.3, 0.4) is 0 Å². The Hall–Kier alpha value is -0.380. The molecule has 2 N–H and O–H groups in total. The second-order valence-electron chi connectivity index (χ2n) is 2.61. The van der Waals surface area contributed by atoms with E-state index in [0.29, 0.717) is 12.6 Å². The zero-order valence-electron chi connectivity index (χ0n) is 7.21. The predicted molar refractivity (Wildman–Crippen MR) is 45.3 cm³/mol. The van der Waals surface area contributed by atoms with E-state index in [4.69, 9.17) is 9.84 Å². The highest BCUT2D eigenvalue weighted by Crippen LogP contribution is 1.89. The van der Waals surface area contributed by atoms with Crippen molar-refractivity contribution >= 4 is 0 Å². The molecule has 0 aliphatic carbocycles. The number of hydrogen-bond donors (Lipinski definition) is 2. The lowest BCUT2D eigenvalue weighted by molar-refractivity contribution is 0.00119. The van der Waals surface area contributed by atoms with Gasteiger partial charge in [0.05, 0.1) is 13.2 Å². The second-order valence-corrected chi connectivity index (χ2v) is 2.61. The van der Waals surface area contributed by atoms with Gasteiger partial charge in [-0.3, -0.25) is 5.32 Å². The Morgan fingerprint density at radius 1 is 1.64 bits per heavy atom. The van der Waals surface area contributed by atoms with Gasteiger partial charge in [0.25, 0.3) is 0 Å². The zero-order valence-corrected chi connectivity index (χ0v) is 7.21. The third kappa shape index (κ3) is 6.04. The van der Waals surface area contributed by atoms with Crippen molar-refractivity contribution in [3.63, 3.8) is 0 Å². The van der Waals surface area contributed by atoms with Crippen molar-refractivity contribution < 1.29 is 9.84 Å². The standard InChI is InChI=1S/C8H17NO2/c1-4-5-11-8(6-10)9-7(2)3/h4,7-10H,1,5-6H2,2-3H3. The third-order valence-corrected chi connectivity index (χ3v) is 1.10. The Morgan fingerprint density at radius 2 is 2.27 bits per heavy atom. The van der Waals surface area contributed by atoms with Crippen LogP contribution in [0.2, 0.25) is 0 Å². The van der Waals surface area contributed by atoms with Crippen molar-refractivity contribution in [2.45, 2.75) is 26.1 Å². The van der Waals surface area contributed by atoms with Gasteiger partial charge in [0.2, 0.25) is 0 Å². The van der Waals surface area contributed by atoms with E-state index in [9.17, 15) is 0 Å². The number of ether oxygens (including phenoxy) is 1. The fourth-order valence-corrected chi connectivity index (χ4v) is 0.710. The minimum Gasteiger partial charge on any atom is -0.392 e. The van der Waals surface area contributed by atoms with Gasteiger partial charge >= 0.3 is 0 Å². The number of rotatable bonds is 6. The van der Waals surface area contributed by atoms with Gasteiger partial charge in [0, 0.05) is 6.04 Å². The lowest BCUT2D eigenvalue weighted by Gasteiger charge is -2.18. The molecule has 0 rings (SSSR count). The molecule has 0 aromatic rings. The van der Waals surface area contributed by atoms with Crippen LogP contribution in [0.15, 0.2) is 12.7 Å². The van der Waals surface area contributed by atoms with Crippen LogP contribution in [-0.2, 0) is 4.74 Å². The van der Waals surface area contributed by atoms with Gasteiger partial charge in [0.1, 0.15) is 6.23 Å². The molecular formula is C8H17NO2. The van der Waals surface area contributed by atoms with Crippen LogP contribution in [-0.4, -0.2) is 30.6 Å². The molecule has 3 nitrogen and oxygen atoms in total. The predicted octanol–water partition coefficient (Wildman–Crippen LogP) is 0.505. The summed E-state index contributed by atoms with van der Waals surface area (Å²) in [5.41, 5.74) is 0. The maximum absolute atomic E-state index is 8.78. The first-order valence-corrected chi connectivity index (χ1v) is 3.80. The second kappa shape index (κ2) is 6.34. The molecule has 0 fully saturated rings. The van der Waals surface area contributed by atoms with Crippen LogP contribution in [0.25, 0.3) is 0 Å². The van der Waals surface area contributed by atoms with Gasteiger partial charge in [-0.05, 0) is 13.8 Å². The molecule has 0 spiro atoms. The van der Waals surface area contributed by atoms with Crippen molar-refractivity contribution in [2.24, 2.45) is 0 Å². The Morgan fingerprint density at radius 3 is 2.64 bits per heavy atom. The van der Waals surface area contributed by atoms with E-state index in [1.165, 1.54) is 0 Å². The van der Waals surface area contributed by atoms with Crippen LogP contribution < -0.4 is 5.32 Å². The average molecular weight is 159 g/mol. The highest BCUT2D eigenvalue weighted by atomic mass is 16.5. The van der Waals surface area contributed by atoms with Gasteiger partial charge in [0.15, 0.2) is 0 Å². The quantitative estimate of drug-likeness (QED) is 0.438. The smallest absolute Gasteiger partial charge is 0.132 e. The molecule has 3 heteroatoms. The molecule has 0 saturated carbocycles. The van der Waals surface area contributed by atoms with Gasteiger partial charge < -0.3 is 9.84 Å². The minimum atomic E-state index is -0.270. The van der Waals surface area contributed by atoms with E-state index < -0.39 is 0 Å². The van der Waals surface area contributed by atoms with E-state index in [2.05, 4.69) is 11.9 Å². The summed E-state index contributed by atoms with van der Waals surface area (Å²) in [6.45, 7) is 7.97. The van der Waals surface area contributed by atoms with Crippen LogP contribution in [0.1, 0.15) is 13.8 Å². The van der Waals surface area contributed by atoms with E-state index in [1.807, 2.05) is 13.8 Å². The molecule has 0 aromatic heterocycles. The molecule has 0 radical (unpaired) electrons. The van der Waals surface area contributed by atoms with Gasteiger partial charge in [-0.1, -0.05) is 6.08 Å². The van der Waals surface area contributed by atoms with Crippen molar-refractivity contribution in [1.29, 1.82) is 0 Å². The van der Waals surface area contributed by atoms with Crippen LogP contribution in [0, 0.1) is 0 Å². The fraction of sp³-hybridized carbons (Fsp3) is 0.750. The Bertz CT molecular complexity index is 104. The zero-order chi connectivity index (χ0) is 8.69. The summed E-state index contributed by atoms with van der Waals surface area (Å²) in [5.74, 6) is 0. The Labute approximate surface area is 68.1 Å². The van der Waals surface area contributed by atoms with Crippen molar-refractivity contribution in [1.82, 2.24) is 5.32 Å². The molecule has 66 valence electrons. The molecule has 0 amide bonds. The van der Waals surface area contributed by atoms with Crippen LogP contribution >= 0.6 is 0 Å². The van der Waals surface area contributed by atoms with Gasteiger partial charge in [-0.25, -0.2) is 0 Å². The van der Waals surface area contributed by atoms with Gasteiger partial charge in [-0.15, -0.1) is 6.58 Å². The van der Waals surface area contributed by atoms with Crippen molar-refractivity contribution in [3.8, 4) is 0 Å². The molecule has 0 aromatic carbocycles. The van der Waals surface area contributed by atoms with Crippen molar-refractivity contribution in [2.75, 3.05) is 13.2 Å². The monoisotopic (exact) mass is 159 g/mol. The van der Waals surface area contributed by atoms with E-state index >= 15 is 0 Å². The molecular weight excluding hydrogens is 142 g/mol. The lowest BCUT2D eigenvalue weighted by Crippen LogP contribution is -2.39. The normalized spacial score (nSPS) is 13.5. The largest absolute Gasteiger partial charge is 0.392 e. The summed E-state index contributed by atoms with van der Waals surface area (Å²) < 4.78 is 5.17. The highest BCUT2D eigenvalue weighted by Gasteiger charge is 2.06. The summed E-state index contributed by atoms with van der Waals surface area (Å²) in [7, 11) is 0. The first-order chi connectivity index (χ1) is 5.20. The molecule has 0 aliphatic rings. The van der Waals surface area contributed by atoms with Crippen molar-refractivity contribution in [3.05, 3.63) is 12.7 Å². The summed E-state index contributed by atoms with van der Waals surface area (Å²) in [6, 6.07) is 0.317. The summed E-state index contributed by atoms with van der Waals surface area (Å²) >= 11 is 0. The van der Waals surface area contributed by atoms with Crippen LogP contribution in [0.5, 0.6) is 0 Å². The average Bonchev–Trinajstić information content (AvgIpc) is 1.97. The molecule has 0 heterocycles. The molecule has 0 saturated heterocycles.